The molecule has 1 saturated heterocycles. The lowest BCUT2D eigenvalue weighted by Gasteiger charge is -2.14. The summed E-state index contributed by atoms with van der Waals surface area (Å²) < 4.78 is 14.8. The highest BCUT2D eigenvalue weighted by Gasteiger charge is 2.16. The third-order valence-electron chi connectivity index (χ3n) is 8.75. The second-order valence-corrected chi connectivity index (χ2v) is 12.6. The summed E-state index contributed by atoms with van der Waals surface area (Å²) in [6.45, 7) is 10.8. The van der Waals surface area contributed by atoms with Crippen LogP contribution < -0.4 is 10.6 Å². The molecule has 9 heteroatoms. The molecular formula is C37H43FN8. The summed E-state index contributed by atoms with van der Waals surface area (Å²) in [7, 11) is 4.19. The van der Waals surface area contributed by atoms with E-state index in [0.29, 0.717) is 11.5 Å². The molecule has 8 nitrogen and oxygen atoms in total. The number of nitrogens with zero attached hydrogens (tertiary/aromatic N) is 6. The maximum Gasteiger partial charge on any atom is 0.159 e. The zero-order chi connectivity index (χ0) is 32.0. The van der Waals surface area contributed by atoms with Crippen molar-refractivity contribution < 1.29 is 4.39 Å². The topological polar surface area (TPSA) is 89.6 Å². The number of nitrogens with one attached hydrogen (secondary N) is 2. The van der Waals surface area contributed by atoms with Crippen molar-refractivity contribution in [2.45, 2.75) is 45.4 Å². The van der Waals surface area contributed by atoms with Gasteiger partial charge in [0.25, 0.3) is 0 Å². The van der Waals surface area contributed by atoms with E-state index in [-0.39, 0.29) is 5.82 Å². The molecule has 5 aromatic rings. The predicted octanol–water partition coefficient (Wildman–Crippen LogP) is 5.37. The number of pyridine rings is 2. The number of aryl methyl sites for hydroxylation is 2. The first-order valence-corrected chi connectivity index (χ1v) is 16.2. The van der Waals surface area contributed by atoms with Crippen LogP contribution in [-0.4, -0.2) is 80.2 Å². The number of hydrogen-bond donors (Lipinski definition) is 2. The number of benzene rings is 1. The molecule has 5 heterocycles. The second-order valence-electron chi connectivity index (χ2n) is 12.6. The van der Waals surface area contributed by atoms with Crippen LogP contribution in [0.25, 0.3) is 51.9 Å². The number of aromatic nitrogens is 6. The number of rotatable bonds is 12. The van der Waals surface area contributed by atoms with Crippen LogP contribution in [0, 0.1) is 5.82 Å². The van der Waals surface area contributed by atoms with Gasteiger partial charge in [-0.3, -0.25) is 15.1 Å². The third kappa shape index (κ3) is 7.49. The minimum absolute atomic E-state index is 0.246. The van der Waals surface area contributed by atoms with Crippen molar-refractivity contribution in [3.8, 4) is 22.6 Å². The number of halogens is 1. The molecule has 0 saturated carbocycles. The highest BCUT2D eigenvalue weighted by molar-refractivity contribution is 5.92. The molecule has 238 valence electrons. The van der Waals surface area contributed by atoms with Crippen LogP contribution in [0.15, 0.2) is 55.1 Å². The average molecular weight is 619 g/mol. The Morgan fingerprint density at radius 2 is 1.80 bits per heavy atom. The summed E-state index contributed by atoms with van der Waals surface area (Å²) in [4.78, 5) is 21.9. The van der Waals surface area contributed by atoms with Gasteiger partial charge in [-0.25, -0.2) is 9.37 Å². The third-order valence-corrected chi connectivity index (χ3v) is 8.75. The van der Waals surface area contributed by atoms with Crippen LogP contribution in [0.4, 0.5) is 4.39 Å². The summed E-state index contributed by atoms with van der Waals surface area (Å²) >= 11 is 0. The van der Waals surface area contributed by atoms with Gasteiger partial charge in [0.1, 0.15) is 11.5 Å². The van der Waals surface area contributed by atoms with Crippen LogP contribution in [-0.2, 0) is 12.8 Å². The normalized spacial score (nSPS) is 14.7. The van der Waals surface area contributed by atoms with Crippen molar-refractivity contribution in [2.75, 3.05) is 40.3 Å². The first-order chi connectivity index (χ1) is 22.3. The lowest BCUT2D eigenvalue weighted by atomic mass is 10.0. The molecule has 0 amide bonds. The largest absolute Gasteiger partial charge is 0.335 e. The van der Waals surface area contributed by atoms with Crippen molar-refractivity contribution >= 4 is 29.3 Å². The number of likely N-dealkylation sites (tertiary alicyclic amines) is 1. The Morgan fingerprint density at radius 1 is 1.00 bits per heavy atom. The van der Waals surface area contributed by atoms with E-state index in [1.54, 1.807) is 24.5 Å². The Bertz CT molecular complexity index is 1950. The summed E-state index contributed by atoms with van der Waals surface area (Å²) in [6.07, 6.45) is 17.9. The minimum Gasteiger partial charge on any atom is -0.335 e. The van der Waals surface area contributed by atoms with E-state index < -0.39 is 0 Å². The van der Waals surface area contributed by atoms with Crippen molar-refractivity contribution in [1.29, 1.82) is 0 Å². The van der Waals surface area contributed by atoms with E-state index >= 15 is 0 Å². The van der Waals surface area contributed by atoms with Crippen LogP contribution in [0.5, 0.6) is 0 Å². The molecule has 0 unspecified atom stereocenters. The summed E-state index contributed by atoms with van der Waals surface area (Å²) in [5.74, 6) is 0.340. The molecule has 6 rings (SSSR count). The van der Waals surface area contributed by atoms with Gasteiger partial charge in [-0.05, 0) is 138 Å². The zero-order valence-corrected chi connectivity index (χ0v) is 27.1. The molecule has 0 radical (unpaired) electrons. The molecule has 2 N–H and O–H groups in total. The van der Waals surface area contributed by atoms with Gasteiger partial charge in [-0.2, -0.15) is 5.10 Å². The van der Waals surface area contributed by atoms with Crippen LogP contribution in [0.1, 0.15) is 49.3 Å². The molecule has 4 aromatic heterocycles. The number of H-pyrrole nitrogens is 2. The number of imidazole rings is 1. The Labute approximate surface area is 269 Å². The molecule has 0 aliphatic carbocycles. The van der Waals surface area contributed by atoms with E-state index in [2.05, 4.69) is 80.8 Å². The molecule has 1 aliphatic rings. The van der Waals surface area contributed by atoms with E-state index in [1.807, 2.05) is 18.5 Å². The molecule has 1 fully saturated rings. The van der Waals surface area contributed by atoms with Gasteiger partial charge in [0.15, 0.2) is 5.82 Å². The van der Waals surface area contributed by atoms with E-state index in [1.165, 1.54) is 31.5 Å². The molecule has 0 spiro atoms. The molecular weight excluding hydrogens is 575 g/mol. The van der Waals surface area contributed by atoms with E-state index in [0.717, 1.165) is 88.2 Å². The summed E-state index contributed by atoms with van der Waals surface area (Å²) in [6, 6.07) is 7.48. The van der Waals surface area contributed by atoms with E-state index in [4.69, 9.17) is 4.98 Å². The van der Waals surface area contributed by atoms with Gasteiger partial charge in [0, 0.05) is 29.4 Å². The van der Waals surface area contributed by atoms with E-state index in [9.17, 15) is 4.39 Å². The average Bonchev–Trinajstić information content (AvgIpc) is 3.80. The lowest BCUT2D eigenvalue weighted by Crippen LogP contribution is -2.21. The number of fused-ring (bicyclic) bond motifs is 1. The fourth-order valence-electron chi connectivity index (χ4n) is 6.18. The van der Waals surface area contributed by atoms with Crippen LogP contribution in [0.3, 0.4) is 0 Å². The van der Waals surface area contributed by atoms with Gasteiger partial charge in [0.05, 0.1) is 22.6 Å². The van der Waals surface area contributed by atoms with Gasteiger partial charge >= 0.3 is 0 Å². The van der Waals surface area contributed by atoms with Crippen molar-refractivity contribution in [3.63, 3.8) is 0 Å². The number of hydrogen-bond acceptors (Lipinski definition) is 6. The van der Waals surface area contributed by atoms with Crippen molar-refractivity contribution in [2.24, 2.45) is 0 Å². The van der Waals surface area contributed by atoms with Gasteiger partial charge in [-0.1, -0.05) is 18.7 Å². The smallest absolute Gasteiger partial charge is 0.159 e. The molecule has 46 heavy (non-hydrogen) atoms. The maximum atomic E-state index is 14.8. The van der Waals surface area contributed by atoms with Gasteiger partial charge in [-0.15, -0.1) is 0 Å². The first-order valence-electron chi connectivity index (χ1n) is 16.2. The first kappa shape index (κ1) is 31.5. The summed E-state index contributed by atoms with van der Waals surface area (Å²) in [5.41, 5.74) is 8.08. The number of aromatic amines is 2. The SMILES string of the molecule is C=c1c(-c2nc3c(-c4cc(F)cc(CCCN5CCCC5)c4)cncc3[nH]2)n[nH]/c1=C/C=C(\C)c1cncc(CCCN(C)C)c1. The Kier molecular flexibility index (Phi) is 9.80. The number of allylic oxidation sites excluding steroid dienone is 2. The lowest BCUT2D eigenvalue weighted by molar-refractivity contribution is 0.334. The monoisotopic (exact) mass is 618 g/mol. The predicted molar refractivity (Wildman–Crippen MR) is 185 cm³/mol. The molecule has 0 atom stereocenters. The Hall–Kier alpha value is -4.47. The van der Waals surface area contributed by atoms with Gasteiger partial charge in [0.2, 0.25) is 0 Å². The quantitative estimate of drug-likeness (QED) is 0.196. The molecule has 0 bridgehead atoms. The highest BCUT2D eigenvalue weighted by atomic mass is 19.1. The van der Waals surface area contributed by atoms with Crippen molar-refractivity contribution in [1.82, 2.24) is 39.9 Å². The van der Waals surface area contributed by atoms with Crippen LogP contribution in [0.2, 0.25) is 0 Å². The van der Waals surface area contributed by atoms with Gasteiger partial charge < -0.3 is 14.8 Å². The highest BCUT2D eigenvalue weighted by Crippen LogP contribution is 2.29. The maximum absolute atomic E-state index is 14.8. The molecule has 1 aromatic carbocycles. The fraction of sp³-hybridized carbons (Fsp3) is 0.351. The molecule has 1 aliphatic heterocycles. The Balaban J connectivity index is 1.22. The summed E-state index contributed by atoms with van der Waals surface area (Å²) in [5, 5.41) is 9.19. The minimum atomic E-state index is -0.246. The van der Waals surface area contributed by atoms with Crippen LogP contribution >= 0.6 is 0 Å². The zero-order valence-electron chi connectivity index (χ0n) is 27.1. The fourth-order valence-corrected chi connectivity index (χ4v) is 6.18. The van der Waals surface area contributed by atoms with Crippen molar-refractivity contribution in [3.05, 3.63) is 88.2 Å². The second kappa shape index (κ2) is 14.3. The Morgan fingerprint density at radius 3 is 2.63 bits per heavy atom. The standard InChI is InChI=1S/C37H43FN8/c1-25(30-18-28(21-39-22-30)10-7-13-45(3)4)11-12-33-26(2)35(44-43-33)37-41-34-24-40-23-32(36(34)42-37)29-17-27(19-31(38)20-29)9-8-16-46-14-5-6-15-46/h11-12,17-24,43H,2,5-10,13-16H2,1,3-4H3,(H,41,42)/b25-11+,33-12+.